The first-order valence-electron chi connectivity index (χ1n) is 5.80. The van der Waals surface area contributed by atoms with E-state index in [0.29, 0.717) is 0 Å². The van der Waals surface area contributed by atoms with Crippen LogP contribution in [0.3, 0.4) is 0 Å². The summed E-state index contributed by atoms with van der Waals surface area (Å²) in [5.74, 6) is 0. The van der Waals surface area contributed by atoms with Crippen molar-refractivity contribution in [3.05, 3.63) is 56.2 Å². The first-order valence-corrected chi connectivity index (χ1v) is 7.47. The van der Waals surface area contributed by atoms with Crippen molar-refractivity contribution in [1.82, 2.24) is 5.32 Å². The van der Waals surface area contributed by atoms with E-state index < -0.39 is 0 Å². The first kappa shape index (κ1) is 12.8. The number of aryl methyl sites for hydroxylation is 1. The van der Waals surface area contributed by atoms with Crippen molar-refractivity contribution < 1.29 is 0 Å². The fraction of sp³-hybridized carbons (Fsp3) is 0.286. The number of thiophene rings is 1. The lowest BCUT2D eigenvalue weighted by atomic mass is 10.1. The summed E-state index contributed by atoms with van der Waals surface area (Å²) in [7, 11) is 0. The Hall–Kier alpha value is -0.640. The molecule has 1 aromatic carbocycles. The molecule has 0 radical (unpaired) electrons. The predicted octanol–water partition coefficient (Wildman–Crippen LogP) is 4.36. The first-order chi connectivity index (χ1) is 8.29. The number of nitrogens with one attached hydrogen (secondary N) is 1. The zero-order valence-electron chi connectivity index (χ0n) is 9.87. The van der Waals surface area contributed by atoms with Crippen molar-refractivity contribution in [3.63, 3.8) is 0 Å². The Bertz CT molecular complexity index is 461. The lowest BCUT2D eigenvalue weighted by Gasteiger charge is -2.05. The van der Waals surface area contributed by atoms with E-state index in [2.05, 4.69) is 63.9 Å². The van der Waals surface area contributed by atoms with Gasteiger partial charge in [0.25, 0.3) is 0 Å². The maximum atomic E-state index is 3.54. The molecule has 1 nitrogen and oxygen atoms in total. The van der Waals surface area contributed by atoms with Crippen LogP contribution in [0.5, 0.6) is 0 Å². The van der Waals surface area contributed by atoms with Crippen molar-refractivity contribution >= 4 is 27.3 Å². The fourth-order valence-electron chi connectivity index (χ4n) is 1.66. The molecule has 2 aromatic rings. The Labute approximate surface area is 115 Å². The molecule has 0 amide bonds. The van der Waals surface area contributed by atoms with Crippen LogP contribution in [-0.4, -0.2) is 0 Å². The van der Waals surface area contributed by atoms with Gasteiger partial charge in [0.15, 0.2) is 0 Å². The molecule has 0 aliphatic carbocycles. The van der Waals surface area contributed by atoms with Gasteiger partial charge in [0.2, 0.25) is 0 Å². The summed E-state index contributed by atoms with van der Waals surface area (Å²) in [5.41, 5.74) is 2.74. The van der Waals surface area contributed by atoms with Gasteiger partial charge in [0.05, 0.1) is 0 Å². The maximum Gasteiger partial charge on any atom is 0.0327 e. The fourth-order valence-corrected chi connectivity index (χ4v) is 3.13. The van der Waals surface area contributed by atoms with Gasteiger partial charge in [0, 0.05) is 22.4 Å². The van der Waals surface area contributed by atoms with Crippen molar-refractivity contribution in [2.45, 2.75) is 26.4 Å². The maximum absolute atomic E-state index is 3.54. The molecule has 0 bridgehead atoms. The Kier molecular flexibility index (Phi) is 4.77. The molecule has 0 spiro atoms. The SMILES string of the molecule is CCc1ccc(CNCc2sccc2Br)cc1. The zero-order valence-corrected chi connectivity index (χ0v) is 12.3. The molecular weight excluding hydrogens is 294 g/mol. The molecule has 0 unspecified atom stereocenters. The van der Waals surface area contributed by atoms with Gasteiger partial charge in [-0.2, -0.15) is 0 Å². The standard InChI is InChI=1S/C14H16BrNS/c1-2-11-3-5-12(6-4-11)9-16-10-14-13(15)7-8-17-14/h3-8,16H,2,9-10H2,1H3. The van der Waals surface area contributed by atoms with Crippen molar-refractivity contribution in [1.29, 1.82) is 0 Å². The molecule has 0 atom stereocenters. The number of hydrogen-bond acceptors (Lipinski definition) is 2. The summed E-state index contributed by atoms with van der Waals surface area (Å²) in [6.45, 7) is 4.03. The largest absolute Gasteiger partial charge is 0.308 e. The second-order valence-corrected chi connectivity index (χ2v) is 5.82. The molecule has 0 saturated carbocycles. The smallest absolute Gasteiger partial charge is 0.0327 e. The minimum atomic E-state index is 0.924. The van der Waals surface area contributed by atoms with E-state index in [4.69, 9.17) is 0 Å². The molecule has 0 aliphatic heterocycles. The molecule has 2 rings (SSSR count). The van der Waals surface area contributed by atoms with E-state index in [1.165, 1.54) is 20.5 Å². The third-order valence-electron chi connectivity index (χ3n) is 2.74. The second kappa shape index (κ2) is 6.34. The molecular formula is C14H16BrNS. The van der Waals surface area contributed by atoms with E-state index in [1.54, 1.807) is 11.3 Å². The molecule has 1 heterocycles. The Morgan fingerprint density at radius 3 is 2.35 bits per heavy atom. The van der Waals surface area contributed by atoms with Gasteiger partial charge in [-0.25, -0.2) is 0 Å². The van der Waals surface area contributed by atoms with Crippen LogP contribution in [0, 0.1) is 0 Å². The minimum Gasteiger partial charge on any atom is -0.308 e. The van der Waals surface area contributed by atoms with Gasteiger partial charge in [-0.05, 0) is 44.9 Å². The number of rotatable bonds is 5. The van der Waals surface area contributed by atoms with Gasteiger partial charge in [-0.15, -0.1) is 11.3 Å². The van der Waals surface area contributed by atoms with Crippen LogP contribution >= 0.6 is 27.3 Å². The molecule has 3 heteroatoms. The summed E-state index contributed by atoms with van der Waals surface area (Å²) in [4.78, 5) is 1.36. The summed E-state index contributed by atoms with van der Waals surface area (Å²) in [6, 6.07) is 10.9. The van der Waals surface area contributed by atoms with E-state index in [0.717, 1.165) is 19.5 Å². The Balaban J connectivity index is 1.83. The number of benzene rings is 1. The highest BCUT2D eigenvalue weighted by atomic mass is 79.9. The van der Waals surface area contributed by atoms with E-state index in [1.807, 2.05) is 0 Å². The van der Waals surface area contributed by atoms with Crippen molar-refractivity contribution in [2.75, 3.05) is 0 Å². The van der Waals surface area contributed by atoms with Crippen LogP contribution in [0.4, 0.5) is 0 Å². The summed E-state index contributed by atoms with van der Waals surface area (Å²) in [6.07, 6.45) is 1.11. The van der Waals surface area contributed by atoms with E-state index in [9.17, 15) is 0 Å². The lowest BCUT2D eigenvalue weighted by molar-refractivity contribution is 0.699. The lowest BCUT2D eigenvalue weighted by Crippen LogP contribution is -2.11. The normalized spacial score (nSPS) is 10.7. The predicted molar refractivity (Wildman–Crippen MR) is 78.4 cm³/mol. The third kappa shape index (κ3) is 3.66. The Morgan fingerprint density at radius 2 is 1.76 bits per heavy atom. The second-order valence-electron chi connectivity index (χ2n) is 3.97. The van der Waals surface area contributed by atoms with Gasteiger partial charge < -0.3 is 5.32 Å². The van der Waals surface area contributed by atoms with E-state index >= 15 is 0 Å². The molecule has 1 aromatic heterocycles. The van der Waals surface area contributed by atoms with Gasteiger partial charge in [-0.3, -0.25) is 0 Å². The summed E-state index contributed by atoms with van der Waals surface area (Å²) in [5, 5.41) is 5.57. The zero-order chi connectivity index (χ0) is 12.1. The van der Waals surface area contributed by atoms with Gasteiger partial charge in [0.1, 0.15) is 0 Å². The van der Waals surface area contributed by atoms with Crippen LogP contribution in [0.2, 0.25) is 0 Å². The Morgan fingerprint density at radius 1 is 1.06 bits per heavy atom. The van der Waals surface area contributed by atoms with E-state index in [-0.39, 0.29) is 0 Å². The number of halogens is 1. The van der Waals surface area contributed by atoms with Crippen molar-refractivity contribution in [2.24, 2.45) is 0 Å². The monoisotopic (exact) mass is 309 g/mol. The third-order valence-corrected chi connectivity index (χ3v) is 4.66. The van der Waals surface area contributed by atoms with Crippen molar-refractivity contribution in [3.8, 4) is 0 Å². The molecule has 0 saturated heterocycles. The van der Waals surface area contributed by atoms with Gasteiger partial charge in [-0.1, -0.05) is 31.2 Å². The number of hydrogen-bond donors (Lipinski definition) is 1. The van der Waals surface area contributed by atoms with Crippen LogP contribution < -0.4 is 5.32 Å². The molecule has 0 aliphatic rings. The summed E-state index contributed by atoms with van der Waals surface area (Å²) >= 11 is 5.32. The van der Waals surface area contributed by atoms with Crippen LogP contribution in [-0.2, 0) is 19.5 Å². The molecule has 0 fully saturated rings. The molecule has 90 valence electrons. The van der Waals surface area contributed by atoms with Gasteiger partial charge >= 0.3 is 0 Å². The molecule has 1 N–H and O–H groups in total. The molecule has 17 heavy (non-hydrogen) atoms. The minimum absolute atomic E-state index is 0.924. The highest BCUT2D eigenvalue weighted by Gasteiger charge is 2.00. The van der Waals surface area contributed by atoms with Crippen LogP contribution in [0.1, 0.15) is 22.9 Å². The quantitative estimate of drug-likeness (QED) is 0.865. The highest BCUT2D eigenvalue weighted by Crippen LogP contribution is 2.22. The summed E-state index contributed by atoms with van der Waals surface area (Å²) < 4.78 is 1.20. The average molecular weight is 310 g/mol. The highest BCUT2D eigenvalue weighted by molar-refractivity contribution is 9.10. The topological polar surface area (TPSA) is 12.0 Å². The van der Waals surface area contributed by atoms with Crippen LogP contribution in [0.15, 0.2) is 40.2 Å². The van der Waals surface area contributed by atoms with Crippen LogP contribution in [0.25, 0.3) is 0 Å². The average Bonchev–Trinajstić information content (AvgIpc) is 2.76.